The summed E-state index contributed by atoms with van der Waals surface area (Å²) >= 11 is 0. The van der Waals surface area contributed by atoms with Crippen LogP contribution in [0, 0.1) is 5.82 Å². The lowest BCUT2D eigenvalue weighted by Gasteiger charge is -2.15. The van der Waals surface area contributed by atoms with Crippen molar-refractivity contribution in [2.24, 2.45) is 0 Å². The van der Waals surface area contributed by atoms with Crippen LogP contribution in [0.4, 0.5) is 8.78 Å². The van der Waals surface area contributed by atoms with E-state index in [0.29, 0.717) is 5.56 Å². The Bertz CT molecular complexity index is 340. The first kappa shape index (κ1) is 12.6. The van der Waals surface area contributed by atoms with Gasteiger partial charge in [0.15, 0.2) is 0 Å². The molecule has 1 atom stereocenters. The Morgan fingerprint density at radius 1 is 1.44 bits per heavy atom. The van der Waals surface area contributed by atoms with E-state index in [1.54, 1.807) is 0 Å². The smallest absolute Gasteiger partial charge is 0.246 e. The lowest BCUT2D eigenvalue weighted by molar-refractivity contribution is -0.125. The zero-order chi connectivity index (χ0) is 12.0. The highest BCUT2D eigenvalue weighted by molar-refractivity contribution is 5.77. The Kier molecular flexibility index (Phi) is 4.85. The number of carbonyl (C=O) groups is 1. The van der Waals surface area contributed by atoms with E-state index in [1.807, 2.05) is 0 Å². The SMILES string of the molecule is COCC(=O)N[C@H](CF)c1ccc(F)cc1. The van der Waals surface area contributed by atoms with E-state index in [9.17, 15) is 13.6 Å². The van der Waals surface area contributed by atoms with E-state index >= 15 is 0 Å². The van der Waals surface area contributed by atoms with Crippen molar-refractivity contribution in [1.82, 2.24) is 5.32 Å². The summed E-state index contributed by atoms with van der Waals surface area (Å²) in [5.74, 6) is -0.806. The van der Waals surface area contributed by atoms with Crippen molar-refractivity contribution in [2.75, 3.05) is 20.4 Å². The first-order valence-corrected chi connectivity index (χ1v) is 4.77. The van der Waals surface area contributed by atoms with Gasteiger partial charge >= 0.3 is 0 Å². The molecule has 0 spiro atoms. The lowest BCUT2D eigenvalue weighted by Crippen LogP contribution is -2.32. The molecule has 1 aromatic carbocycles. The quantitative estimate of drug-likeness (QED) is 0.832. The van der Waals surface area contributed by atoms with Crippen LogP contribution in [0.15, 0.2) is 24.3 Å². The van der Waals surface area contributed by atoms with E-state index < -0.39 is 24.4 Å². The number of rotatable bonds is 5. The fraction of sp³-hybridized carbons (Fsp3) is 0.364. The monoisotopic (exact) mass is 229 g/mol. The van der Waals surface area contributed by atoms with Crippen molar-refractivity contribution < 1.29 is 18.3 Å². The van der Waals surface area contributed by atoms with Gasteiger partial charge < -0.3 is 10.1 Å². The van der Waals surface area contributed by atoms with Crippen LogP contribution in [0.2, 0.25) is 0 Å². The number of methoxy groups -OCH3 is 1. The summed E-state index contributed by atoms with van der Waals surface area (Å²) in [5, 5.41) is 2.44. The molecule has 0 aliphatic rings. The van der Waals surface area contributed by atoms with Crippen LogP contribution >= 0.6 is 0 Å². The van der Waals surface area contributed by atoms with Crippen molar-refractivity contribution in [1.29, 1.82) is 0 Å². The number of alkyl halides is 1. The minimum atomic E-state index is -0.761. The lowest BCUT2D eigenvalue weighted by atomic mass is 10.1. The molecule has 0 aliphatic carbocycles. The van der Waals surface area contributed by atoms with Crippen LogP contribution in [0.1, 0.15) is 11.6 Å². The number of ether oxygens (including phenoxy) is 1. The Hall–Kier alpha value is -1.49. The van der Waals surface area contributed by atoms with E-state index in [0.717, 1.165) is 0 Å². The molecule has 1 amide bonds. The number of hydrogen-bond donors (Lipinski definition) is 1. The second kappa shape index (κ2) is 6.17. The largest absolute Gasteiger partial charge is 0.375 e. The molecule has 0 heterocycles. The van der Waals surface area contributed by atoms with Crippen molar-refractivity contribution in [3.63, 3.8) is 0 Å². The van der Waals surface area contributed by atoms with Crippen molar-refractivity contribution in [2.45, 2.75) is 6.04 Å². The highest BCUT2D eigenvalue weighted by atomic mass is 19.1. The van der Waals surface area contributed by atoms with Crippen LogP contribution in [0.5, 0.6) is 0 Å². The predicted molar refractivity (Wildman–Crippen MR) is 55.1 cm³/mol. The molecule has 5 heteroatoms. The third kappa shape index (κ3) is 3.58. The molecule has 88 valence electrons. The molecule has 0 saturated heterocycles. The fourth-order valence-corrected chi connectivity index (χ4v) is 1.27. The Morgan fingerprint density at radius 3 is 2.56 bits per heavy atom. The second-order valence-corrected chi connectivity index (χ2v) is 3.26. The minimum absolute atomic E-state index is 0.127. The van der Waals surface area contributed by atoms with Crippen LogP contribution in [0.25, 0.3) is 0 Å². The highest BCUT2D eigenvalue weighted by Gasteiger charge is 2.13. The topological polar surface area (TPSA) is 38.3 Å². The molecular weight excluding hydrogens is 216 g/mol. The maximum absolute atomic E-state index is 12.7. The standard InChI is InChI=1S/C11H13F2NO2/c1-16-7-11(15)14-10(6-12)8-2-4-9(13)5-3-8/h2-5,10H,6-7H2,1H3,(H,14,15)/t10-/m1/s1. The van der Waals surface area contributed by atoms with E-state index in [4.69, 9.17) is 0 Å². The molecule has 0 bridgehead atoms. The number of amides is 1. The molecule has 0 saturated carbocycles. The molecule has 0 aromatic heterocycles. The zero-order valence-electron chi connectivity index (χ0n) is 8.87. The van der Waals surface area contributed by atoms with Crippen molar-refractivity contribution in [3.8, 4) is 0 Å². The van der Waals surface area contributed by atoms with Crippen LogP contribution in [-0.4, -0.2) is 26.3 Å². The number of hydrogen-bond acceptors (Lipinski definition) is 2. The first-order chi connectivity index (χ1) is 7.67. The third-order valence-electron chi connectivity index (χ3n) is 2.04. The predicted octanol–water partition coefficient (Wildman–Crippen LogP) is 1.60. The van der Waals surface area contributed by atoms with Crippen molar-refractivity contribution in [3.05, 3.63) is 35.6 Å². The number of carbonyl (C=O) groups excluding carboxylic acids is 1. The van der Waals surface area contributed by atoms with Gasteiger partial charge in [-0.2, -0.15) is 0 Å². The Morgan fingerprint density at radius 2 is 2.06 bits per heavy atom. The van der Waals surface area contributed by atoms with Crippen LogP contribution in [0.3, 0.4) is 0 Å². The summed E-state index contributed by atoms with van der Waals surface area (Å²) in [7, 11) is 1.38. The molecule has 0 fully saturated rings. The van der Waals surface area contributed by atoms with Gasteiger partial charge in [-0.15, -0.1) is 0 Å². The number of halogens is 2. The minimum Gasteiger partial charge on any atom is -0.375 e. The molecule has 1 N–H and O–H groups in total. The average Bonchev–Trinajstić information content (AvgIpc) is 2.27. The number of benzene rings is 1. The summed E-state index contributed by atoms with van der Waals surface area (Å²) in [5.41, 5.74) is 0.522. The maximum Gasteiger partial charge on any atom is 0.246 e. The molecule has 1 rings (SSSR count). The van der Waals surface area contributed by atoms with Gasteiger partial charge in [0.2, 0.25) is 5.91 Å². The van der Waals surface area contributed by atoms with Gasteiger partial charge in [0.1, 0.15) is 19.1 Å². The summed E-state index contributed by atoms with van der Waals surface area (Å²) in [6.07, 6.45) is 0. The molecule has 0 unspecified atom stereocenters. The van der Waals surface area contributed by atoms with Gasteiger partial charge in [0, 0.05) is 7.11 Å². The molecule has 0 radical (unpaired) electrons. The van der Waals surface area contributed by atoms with Crippen LogP contribution < -0.4 is 5.32 Å². The third-order valence-corrected chi connectivity index (χ3v) is 2.04. The zero-order valence-corrected chi connectivity index (χ0v) is 8.87. The van der Waals surface area contributed by atoms with E-state index in [1.165, 1.54) is 31.4 Å². The van der Waals surface area contributed by atoms with E-state index in [-0.39, 0.29) is 6.61 Å². The molecular formula is C11H13F2NO2. The summed E-state index contributed by atoms with van der Waals surface area (Å²) in [4.78, 5) is 11.2. The maximum atomic E-state index is 12.7. The normalized spacial score (nSPS) is 12.2. The molecule has 0 aliphatic heterocycles. The van der Waals surface area contributed by atoms with Gasteiger partial charge in [-0.1, -0.05) is 12.1 Å². The van der Waals surface area contributed by atoms with E-state index in [2.05, 4.69) is 10.1 Å². The molecule has 1 aromatic rings. The fourth-order valence-electron chi connectivity index (χ4n) is 1.27. The summed E-state index contributed by atoms with van der Waals surface area (Å²) in [6, 6.07) is 4.56. The van der Waals surface area contributed by atoms with Gasteiger partial charge in [0.25, 0.3) is 0 Å². The second-order valence-electron chi connectivity index (χ2n) is 3.26. The molecule has 3 nitrogen and oxygen atoms in total. The number of nitrogens with one attached hydrogen (secondary N) is 1. The van der Waals surface area contributed by atoms with Gasteiger partial charge in [-0.05, 0) is 17.7 Å². The van der Waals surface area contributed by atoms with Crippen molar-refractivity contribution >= 4 is 5.91 Å². The Balaban J connectivity index is 2.67. The van der Waals surface area contributed by atoms with Gasteiger partial charge in [-0.25, -0.2) is 8.78 Å². The van der Waals surface area contributed by atoms with Crippen LogP contribution in [-0.2, 0) is 9.53 Å². The summed E-state index contributed by atoms with van der Waals surface area (Å²) in [6.45, 7) is -0.876. The first-order valence-electron chi connectivity index (χ1n) is 4.77. The summed E-state index contributed by atoms with van der Waals surface area (Å²) < 4.78 is 29.9. The van der Waals surface area contributed by atoms with Gasteiger partial charge in [0.05, 0.1) is 6.04 Å². The van der Waals surface area contributed by atoms with Gasteiger partial charge in [-0.3, -0.25) is 4.79 Å². The average molecular weight is 229 g/mol. The Labute approximate surface area is 92.4 Å². The molecule has 16 heavy (non-hydrogen) atoms. The highest BCUT2D eigenvalue weighted by Crippen LogP contribution is 2.14.